The van der Waals surface area contributed by atoms with Crippen LogP contribution < -0.4 is 5.32 Å². The molecule has 3 aromatic rings. The topological polar surface area (TPSA) is 105 Å². The summed E-state index contributed by atoms with van der Waals surface area (Å²) in [6, 6.07) is 16.0. The second kappa shape index (κ2) is 11.5. The van der Waals surface area contributed by atoms with Gasteiger partial charge in [-0.3, -0.25) is 4.79 Å². The van der Waals surface area contributed by atoms with E-state index in [1.54, 1.807) is 56.3 Å². The van der Waals surface area contributed by atoms with Gasteiger partial charge in [0.15, 0.2) is 6.61 Å². The predicted octanol–water partition coefficient (Wildman–Crippen LogP) is 5.36. The van der Waals surface area contributed by atoms with E-state index in [0.717, 1.165) is 10.4 Å². The van der Waals surface area contributed by atoms with Crippen molar-refractivity contribution in [2.24, 2.45) is 0 Å². The number of carbonyl (C=O) groups is 3. The number of nitrogens with zero attached hydrogens (tertiary/aromatic N) is 1. The Kier molecular flexibility index (Phi) is 8.46. The first kappa shape index (κ1) is 25.0. The lowest BCUT2D eigenvalue weighted by molar-refractivity contribution is -0.119. The highest BCUT2D eigenvalue weighted by atomic mass is 32.2. The fourth-order valence-electron chi connectivity index (χ4n) is 3.03. The molecule has 0 atom stereocenters. The summed E-state index contributed by atoms with van der Waals surface area (Å²) in [5, 5.41) is 12.3. The number of hydrogen-bond donors (Lipinski definition) is 1. The number of esters is 2. The molecule has 0 saturated carbocycles. The summed E-state index contributed by atoms with van der Waals surface area (Å²) in [6.45, 7) is 5.03. The summed E-state index contributed by atoms with van der Waals surface area (Å²) in [5.74, 6) is -1.75. The molecular formula is C25H22N2O5S2. The zero-order valence-corrected chi connectivity index (χ0v) is 20.5. The molecule has 0 saturated heterocycles. The summed E-state index contributed by atoms with van der Waals surface area (Å²) < 4.78 is 10.3. The maximum absolute atomic E-state index is 12.7. The maximum atomic E-state index is 12.7. The number of anilines is 1. The third-order valence-corrected chi connectivity index (χ3v) is 7.06. The number of nitriles is 1. The van der Waals surface area contributed by atoms with Crippen molar-refractivity contribution in [1.29, 1.82) is 5.26 Å². The van der Waals surface area contributed by atoms with E-state index in [1.165, 1.54) is 23.1 Å². The summed E-state index contributed by atoms with van der Waals surface area (Å²) in [7, 11) is 0. The van der Waals surface area contributed by atoms with Crippen LogP contribution in [0.4, 0.5) is 5.00 Å². The van der Waals surface area contributed by atoms with E-state index in [-0.39, 0.29) is 12.2 Å². The minimum atomic E-state index is -0.670. The van der Waals surface area contributed by atoms with E-state index in [9.17, 15) is 19.6 Å². The van der Waals surface area contributed by atoms with Crippen LogP contribution in [0.25, 0.3) is 0 Å². The number of rotatable bonds is 8. The molecule has 2 aromatic carbocycles. The zero-order chi connectivity index (χ0) is 24.7. The first-order valence-electron chi connectivity index (χ1n) is 10.4. The molecule has 9 heteroatoms. The minimum Gasteiger partial charge on any atom is -0.462 e. The van der Waals surface area contributed by atoms with Crippen molar-refractivity contribution in [1.82, 2.24) is 0 Å². The molecule has 0 aliphatic rings. The van der Waals surface area contributed by atoms with Crippen LogP contribution in [0.15, 0.2) is 58.3 Å². The SMILES string of the molecule is CCOC(=O)c1c(NC(=O)COC(=O)c2ccccc2Sc2ccccc2C#N)sc(C)c1C. The van der Waals surface area contributed by atoms with Crippen LogP contribution in [0.3, 0.4) is 0 Å². The fourth-order valence-corrected chi connectivity index (χ4v) is 5.11. The van der Waals surface area contributed by atoms with Crippen molar-refractivity contribution < 1.29 is 23.9 Å². The molecular weight excluding hydrogens is 472 g/mol. The van der Waals surface area contributed by atoms with Crippen LogP contribution in [0.2, 0.25) is 0 Å². The van der Waals surface area contributed by atoms with Crippen molar-refractivity contribution in [2.45, 2.75) is 30.6 Å². The Hall–Kier alpha value is -3.61. The van der Waals surface area contributed by atoms with Crippen molar-refractivity contribution in [3.8, 4) is 6.07 Å². The van der Waals surface area contributed by atoms with Crippen molar-refractivity contribution in [2.75, 3.05) is 18.5 Å². The van der Waals surface area contributed by atoms with Gasteiger partial charge in [0.05, 0.1) is 23.3 Å². The summed E-state index contributed by atoms with van der Waals surface area (Å²) in [5.41, 5.74) is 1.82. The first-order chi connectivity index (χ1) is 16.3. The van der Waals surface area contributed by atoms with Gasteiger partial charge in [-0.1, -0.05) is 36.0 Å². The van der Waals surface area contributed by atoms with Gasteiger partial charge >= 0.3 is 11.9 Å². The summed E-state index contributed by atoms with van der Waals surface area (Å²) in [4.78, 5) is 39.7. The Morgan fingerprint density at radius 2 is 1.68 bits per heavy atom. The van der Waals surface area contributed by atoms with Crippen molar-refractivity contribution >= 4 is 45.9 Å². The number of benzene rings is 2. The van der Waals surface area contributed by atoms with Crippen molar-refractivity contribution in [3.63, 3.8) is 0 Å². The minimum absolute atomic E-state index is 0.217. The third kappa shape index (κ3) is 5.84. The molecule has 1 N–H and O–H groups in total. The summed E-state index contributed by atoms with van der Waals surface area (Å²) in [6.07, 6.45) is 0. The smallest absolute Gasteiger partial charge is 0.341 e. The van der Waals surface area contributed by atoms with E-state index in [0.29, 0.717) is 25.9 Å². The fraction of sp³-hybridized carbons (Fsp3) is 0.200. The van der Waals surface area contributed by atoms with Gasteiger partial charge in [-0.05, 0) is 50.6 Å². The van der Waals surface area contributed by atoms with Gasteiger partial charge in [0.1, 0.15) is 11.1 Å². The normalized spacial score (nSPS) is 10.3. The second-order valence-electron chi connectivity index (χ2n) is 7.04. The molecule has 1 amide bonds. The molecule has 0 bridgehead atoms. The lowest BCUT2D eigenvalue weighted by Gasteiger charge is -2.10. The second-order valence-corrected chi connectivity index (χ2v) is 9.35. The van der Waals surface area contributed by atoms with E-state index in [4.69, 9.17) is 9.47 Å². The molecule has 1 aromatic heterocycles. The molecule has 174 valence electrons. The van der Waals surface area contributed by atoms with Gasteiger partial charge in [0, 0.05) is 14.7 Å². The molecule has 0 aliphatic heterocycles. The van der Waals surface area contributed by atoms with Crippen LogP contribution in [-0.4, -0.2) is 31.1 Å². The zero-order valence-electron chi connectivity index (χ0n) is 18.8. The number of nitrogens with one attached hydrogen (secondary N) is 1. The monoisotopic (exact) mass is 494 g/mol. The first-order valence-corrected chi connectivity index (χ1v) is 12.0. The van der Waals surface area contributed by atoms with Crippen LogP contribution in [0.1, 0.15) is 43.6 Å². The Morgan fingerprint density at radius 3 is 2.38 bits per heavy atom. The van der Waals surface area contributed by atoms with Crippen molar-refractivity contribution in [3.05, 3.63) is 75.7 Å². The molecule has 0 fully saturated rings. The Labute approximate surface area is 205 Å². The number of aryl methyl sites for hydroxylation is 1. The largest absolute Gasteiger partial charge is 0.462 e. The Morgan fingerprint density at radius 1 is 1.00 bits per heavy atom. The van der Waals surface area contributed by atoms with Crippen LogP contribution >= 0.6 is 23.1 Å². The van der Waals surface area contributed by atoms with E-state index < -0.39 is 24.5 Å². The maximum Gasteiger partial charge on any atom is 0.341 e. The molecule has 1 heterocycles. The van der Waals surface area contributed by atoms with Crippen LogP contribution in [-0.2, 0) is 14.3 Å². The number of ether oxygens (including phenoxy) is 2. The number of amides is 1. The van der Waals surface area contributed by atoms with E-state index in [2.05, 4.69) is 11.4 Å². The van der Waals surface area contributed by atoms with Gasteiger partial charge in [-0.25, -0.2) is 9.59 Å². The van der Waals surface area contributed by atoms with Gasteiger partial charge < -0.3 is 14.8 Å². The number of carbonyl (C=O) groups excluding carboxylic acids is 3. The Balaban J connectivity index is 1.69. The lowest BCUT2D eigenvalue weighted by Crippen LogP contribution is -2.22. The Bertz CT molecular complexity index is 1280. The van der Waals surface area contributed by atoms with Gasteiger partial charge in [-0.2, -0.15) is 5.26 Å². The number of thiophene rings is 1. The molecule has 0 radical (unpaired) electrons. The van der Waals surface area contributed by atoms with Gasteiger partial charge in [-0.15, -0.1) is 11.3 Å². The standard InChI is InChI=1S/C25H22N2O5S2/c1-4-31-25(30)22-15(2)16(3)33-23(22)27-21(28)14-32-24(29)18-10-6-8-12-20(18)34-19-11-7-5-9-17(19)13-26/h5-12H,4,14H2,1-3H3,(H,27,28). The lowest BCUT2D eigenvalue weighted by atomic mass is 10.1. The average molecular weight is 495 g/mol. The van der Waals surface area contributed by atoms with E-state index >= 15 is 0 Å². The van der Waals surface area contributed by atoms with Crippen LogP contribution in [0.5, 0.6) is 0 Å². The highest BCUT2D eigenvalue weighted by molar-refractivity contribution is 7.99. The number of hydrogen-bond acceptors (Lipinski definition) is 8. The quantitative estimate of drug-likeness (QED) is 0.420. The molecule has 0 unspecified atom stereocenters. The van der Waals surface area contributed by atoms with Crippen LogP contribution in [0, 0.1) is 25.2 Å². The molecule has 34 heavy (non-hydrogen) atoms. The molecule has 0 spiro atoms. The van der Waals surface area contributed by atoms with Gasteiger partial charge in [0.25, 0.3) is 5.91 Å². The third-order valence-electron chi connectivity index (χ3n) is 4.79. The highest BCUT2D eigenvalue weighted by Crippen LogP contribution is 2.34. The van der Waals surface area contributed by atoms with Gasteiger partial charge in [0.2, 0.25) is 0 Å². The molecule has 0 aliphatic carbocycles. The molecule has 3 rings (SSSR count). The predicted molar refractivity (Wildman–Crippen MR) is 130 cm³/mol. The summed E-state index contributed by atoms with van der Waals surface area (Å²) >= 11 is 2.53. The van der Waals surface area contributed by atoms with E-state index in [1.807, 2.05) is 13.0 Å². The molecule has 7 nitrogen and oxygen atoms in total. The average Bonchev–Trinajstić information content (AvgIpc) is 3.11. The highest BCUT2D eigenvalue weighted by Gasteiger charge is 2.23.